The Morgan fingerprint density at radius 3 is 2.88 bits per heavy atom. The zero-order valence-corrected chi connectivity index (χ0v) is 13.6. The Kier molecular flexibility index (Phi) is 5.12. The van der Waals surface area contributed by atoms with Crippen molar-refractivity contribution in [3.05, 3.63) is 29.8 Å². The van der Waals surface area contributed by atoms with Crippen LogP contribution in [0.4, 0.5) is 5.82 Å². The molecule has 2 N–H and O–H groups in total. The maximum atomic E-state index is 11.5. The lowest BCUT2D eigenvalue weighted by atomic mass is 10.1. The molecule has 1 aromatic carbocycles. The summed E-state index contributed by atoms with van der Waals surface area (Å²) in [4.78, 5) is 18.3. The fourth-order valence-electron chi connectivity index (χ4n) is 2.73. The van der Waals surface area contributed by atoms with Gasteiger partial charge < -0.3 is 19.9 Å². The van der Waals surface area contributed by atoms with Crippen LogP contribution in [0.2, 0.25) is 0 Å². The standard InChI is InChI=1S/C17H21N3O4/c1-23-13-3-2-12-10-14(17(21)22)16(19-15(12)11-13)18-4-5-20-6-8-24-9-7-20/h2-3,10-11H,4-9H2,1H3,(H,18,19)(H,21,22). The third kappa shape index (κ3) is 3.74. The van der Waals surface area contributed by atoms with Crippen LogP contribution in [0.1, 0.15) is 10.4 Å². The molecule has 0 saturated carbocycles. The zero-order valence-electron chi connectivity index (χ0n) is 13.6. The van der Waals surface area contributed by atoms with E-state index in [0.29, 0.717) is 23.6 Å². The number of carboxylic acid groups (broad SMARTS) is 1. The van der Waals surface area contributed by atoms with Gasteiger partial charge in [0.1, 0.15) is 17.1 Å². The van der Waals surface area contributed by atoms with Crippen LogP contribution < -0.4 is 10.1 Å². The van der Waals surface area contributed by atoms with Crippen molar-refractivity contribution in [3.63, 3.8) is 0 Å². The highest BCUT2D eigenvalue weighted by Gasteiger charge is 2.15. The minimum Gasteiger partial charge on any atom is -0.497 e. The van der Waals surface area contributed by atoms with Crippen LogP contribution in [0.15, 0.2) is 24.3 Å². The average molecular weight is 331 g/mol. The molecule has 3 rings (SSSR count). The predicted octanol–water partition coefficient (Wildman–Crippen LogP) is 1.69. The maximum Gasteiger partial charge on any atom is 0.339 e. The highest BCUT2D eigenvalue weighted by molar-refractivity contribution is 5.98. The molecule has 0 spiro atoms. The molecule has 0 unspecified atom stereocenters. The molecule has 1 aliphatic heterocycles. The van der Waals surface area contributed by atoms with Gasteiger partial charge in [-0.2, -0.15) is 0 Å². The largest absolute Gasteiger partial charge is 0.497 e. The summed E-state index contributed by atoms with van der Waals surface area (Å²) in [7, 11) is 1.59. The number of carbonyl (C=O) groups is 1. The van der Waals surface area contributed by atoms with Crippen LogP contribution in [0.3, 0.4) is 0 Å². The number of ether oxygens (including phenoxy) is 2. The van der Waals surface area contributed by atoms with E-state index in [1.165, 1.54) is 0 Å². The SMILES string of the molecule is COc1ccc2cc(C(=O)O)c(NCCN3CCOCC3)nc2c1. The number of benzene rings is 1. The van der Waals surface area contributed by atoms with Crippen molar-refractivity contribution < 1.29 is 19.4 Å². The molecule has 0 radical (unpaired) electrons. The van der Waals surface area contributed by atoms with Gasteiger partial charge in [-0.3, -0.25) is 4.90 Å². The van der Waals surface area contributed by atoms with E-state index in [4.69, 9.17) is 9.47 Å². The van der Waals surface area contributed by atoms with E-state index >= 15 is 0 Å². The Morgan fingerprint density at radius 1 is 1.38 bits per heavy atom. The minimum atomic E-state index is -0.992. The molecular weight excluding hydrogens is 310 g/mol. The monoisotopic (exact) mass is 331 g/mol. The molecule has 24 heavy (non-hydrogen) atoms. The number of fused-ring (bicyclic) bond motifs is 1. The molecule has 2 aromatic rings. The molecule has 7 nitrogen and oxygen atoms in total. The predicted molar refractivity (Wildman–Crippen MR) is 91.0 cm³/mol. The second kappa shape index (κ2) is 7.46. The van der Waals surface area contributed by atoms with Gasteiger partial charge in [0, 0.05) is 37.6 Å². The van der Waals surface area contributed by atoms with Gasteiger partial charge >= 0.3 is 5.97 Å². The van der Waals surface area contributed by atoms with E-state index in [0.717, 1.165) is 38.2 Å². The van der Waals surface area contributed by atoms with Crippen molar-refractivity contribution in [2.24, 2.45) is 0 Å². The van der Waals surface area contributed by atoms with Gasteiger partial charge in [0.15, 0.2) is 0 Å². The summed E-state index contributed by atoms with van der Waals surface area (Å²) in [6, 6.07) is 7.04. The summed E-state index contributed by atoms with van der Waals surface area (Å²) in [5.41, 5.74) is 0.878. The van der Waals surface area contributed by atoms with E-state index < -0.39 is 5.97 Å². The zero-order chi connectivity index (χ0) is 16.9. The Hall–Kier alpha value is -2.38. The number of morpholine rings is 1. The maximum absolute atomic E-state index is 11.5. The molecule has 128 valence electrons. The molecule has 1 aromatic heterocycles. The molecule has 1 saturated heterocycles. The molecular formula is C17H21N3O4. The van der Waals surface area contributed by atoms with E-state index in [-0.39, 0.29) is 5.56 Å². The van der Waals surface area contributed by atoms with Crippen LogP contribution in [-0.4, -0.2) is 67.5 Å². The topological polar surface area (TPSA) is 83.9 Å². The van der Waals surface area contributed by atoms with Crippen molar-refractivity contribution in [2.75, 3.05) is 51.8 Å². The first-order valence-electron chi connectivity index (χ1n) is 7.93. The van der Waals surface area contributed by atoms with Gasteiger partial charge in [-0.15, -0.1) is 0 Å². The summed E-state index contributed by atoms with van der Waals surface area (Å²) in [6.07, 6.45) is 0. The van der Waals surface area contributed by atoms with Gasteiger partial charge in [0.05, 0.1) is 25.8 Å². The fraction of sp³-hybridized carbons (Fsp3) is 0.412. The van der Waals surface area contributed by atoms with Crippen molar-refractivity contribution in [1.82, 2.24) is 9.88 Å². The lowest BCUT2D eigenvalue weighted by molar-refractivity contribution is 0.0398. The van der Waals surface area contributed by atoms with Crippen LogP contribution in [-0.2, 0) is 4.74 Å². The lowest BCUT2D eigenvalue weighted by Gasteiger charge is -2.26. The minimum absolute atomic E-state index is 0.176. The normalized spacial score (nSPS) is 15.4. The number of hydrogen-bond donors (Lipinski definition) is 2. The summed E-state index contributed by atoms with van der Waals surface area (Å²) in [5, 5.41) is 13.4. The molecule has 0 atom stereocenters. The smallest absolute Gasteiger partial charge is 0.339 e. The van der Waals surface area contributed by atoms with Gasteiger partial charge in [0.2, 0.25) is 0 Å². The van der Waals surface area contributed by atoms with Crippen LogP contribution >= 0.6 is 0 Å². The van der Waals surface area contributed by atoms with E-state index in [1.54, 1.807) is 25.3 Å². The Bertz CT molecular complexity index is 729. The number of nitrogens with zero attached hydrogens (tertiary/aromatic N) is 2. The fourth-order valence-corrected chi connectivity index (χ4v) is 2.73. The summed E-state index contributed by atoms with van der Waals surface area (Å²) in [5.74, 6) is 0.0861. The number of hydrogen-bond acceptors (Lipinski definition) is 6. The summed E-state index contributed by atoms with van der Waals surface area (Å²) >= 11 is 0. The molecule has 0 bridgehead atoms. The Balaban J connectivity index is 1.78. The first-order chi connectivity index (χ1) is 11.7. The van der Waals surface area contributed by atoms with Crippen molar-refractivity contribution in [1.29, 1.82) is 0 Å². The molecule has 2 heterocycles. The van der Waals surface area contributed by atoms with E-state index in [1.807, 2.05) is 6.07 Å². The number of aromatic carboxylic acids is 1. The highest BCUT2D eigenvalue weighted by atomic mass is 16.5. The molecule has 0 aliphatic carbocycles. The third-order valence-electron chi connectivity index (χ3n) is 4.08. The average Bonchev–Trinajstić information content (AvgIpc) is 2.61. The van der Waals surface area contributed by atoms with E-state index in [2.05, 4.69) is 15.2 Å². The number of carboxylic acids is 1. The highest BCUT2D eigenvalue weighted by Crippen LogP contribution is 2.24. The number of anilines is 1. The van der Waals surface area contributed by atoms with Gasteiger partial charge in [0.25, 0.3) is 0 Å². The van der Waals surface area contributed by atoms with Crippen LogP contribution in [0.5, 0.6) is 5.75 Å². The van der Waals surface area contributed by atoms with E-state index in [9.17, 15) is 9.90 Å². The molecule has 1 fully saturated rings. The second-order valence-electron chi connectivity index (χ2n) is 5.63. The quantitative estimate of drug-likeness (QED) is 0.833. The number of pyridine rings is 1. The Morgan fingerprint density at radius 2 is 2.17 bits per heavy atom. The molecule has 7 heteroatoms. The van der Waals surface area contributed by atoms with Crippen molar-refractivity contribution in [2.45, 2.75) is 0 Å². The van der Waals surface area contributed by atoms with Gasteiger partial charge in [-0.1, -0.05) is 0 Å². The molecule has 1 aliphatic rings. The van der Waals surface area contributed by atoms with Crippen LogP contribution in [0, 0.1) is 0 Å². The summed E-state index contributed by atoms with van der Waals surface area (Å²) in [6.45, 7) is 4.73. The molecule has 0 amide bonds. The van der Waals surface area contributed by atoms with Crippen LogP contribution in [0.25, 0.3) is 10.9 Å². The van der Waals surface area contributed by atoms with Gasteiger partial charge in [-0.25, -0.2) is 9.78 Å². The lowest BCUT2D eigenvalue weighted by Crippen LogP contribution is -2.39. The first-order valence-corrected chi connectivity index (χ1v) is 7.93. The summed E-state index contributed by atoms with van der Waals surface area (Å²) < 4.78 is 10.5. The third-order valence-corrected chi connectivity index (χ3v) is 4.08. The number of nitrogens with one attached hydrogen (secondary N) is 1. The van der Waals surface area contributed by atoms with Crippen molar-refractivity contribution >= 4 is 22.7 Å². The Labute approximate surface area is 140 Å². The van der Waals surface area contributed by atoms with Gasteiger partial charge in [-0.05, 0) is 18.2 Å². The first kappa shape index (κ1) is 16.5. The van der Waals surface area contributed by atoms with Crippen molar-refractivity contribution in [3.8, 4) is 5.75 Å². The number of methoxy groups -OCH3 is 1. The second-order valence-corrected chi connectivity index (χ2v) is 5.63. The number of aromatic nitrogens is 1. The number of rotatable bonds is 6.